The molecule has 0 saturated heterocycles. The van der Waals surface area contributed by atoms with Gasteiger partial charge in [-0.15, -0.1) is 0 Å². The zero-order valence-corrected chi connectivity index (χ0v) is 9.51. The maximum atomic E-state index is 10.8. The quantitative estimate of drug-likeness (QED) is 0.534. The second-order valence-electron chi connectivity index (χ2n) is 3.29. The molecule has 0 fully saturated rings. The van der Waals surface area contributed by atoms with Crippen molar-refractivity contribution < 1.29 is 33.3 Å². The molecule has 0 radical (unpaired) electrons. The molecule has 0 atom stereocenters. The molecular formula is C9H14O7. The van der Waals surface area contributed by atoms with Gasteiger partial charge in [0.1, 0.15) is 0 Å². The summed E-state index contributed by atoms with van der Waals surface area (Å²) in [4.78, 5) is 32.3. The molecule has 0 spiro atoms. The summed E-state index contributed by atoms with van der Waals surface area (Å²) in [6, 6.07) is 0. The molecule has 0 aromatic rings. The number of carbonyl (C=O) groups excluding carboxylic acids is 3. The van der Waals surface area contributed by atoms with Gasteiger partial charge in [0.15, 0.2) is 0 Å². The van der Waals surface area contributed by atoms with E-state index < -0.39 is 30.7 Å². The maximum absolute atomic E-state index is 10.8. The van der Waals surface area contributed by atoms with Crippen LogP contribution >= 0.6 is 0 Å². The molecule has 0 aliphatic rings. The van der Waals surface area contributed by atoms with Gasteiger partial charge in [-0.1, -0.05) is 0 Å². The van der Waals surface area contributed by atoms with Crippen LogP contribution in [0.4, 0.5) is 14.4 Å². The van der Waals surface area contributed by atoms with Gasteiger partial charge in [0.05, 0.1) is 12.2 Å². The highest BCUT2D eigenvalue weighted by Gasteiger charge is 2.19. The van der Waals surface area contributed by atoms with Crippen LogP contribution in [-0.4, -0.2) is 30.7 Å². The fraction of sp³-hybridized carbons (Fsp3) is 0.667. The largest absolute Gasteiger partial charge is 0.528 e. The molecule has 0 saturated carbocycles. The second-order valence-corrected chi connectivity index (χ2v) is 3.29. The molecule has 16 heavy (non-hydrogen) atoms. The Balaban J connectivity index is 3.90. The fourth-order valence-electron chi connectivity index (χ4n) is 0.590. The minimum Gasteiger partial charge on any atom is -0.431 e. The SMILES string of the molecule is CC(C)OC(=O)OC(=O)OC(=O)OC(C)C. The van der Waals surface area contributed by atoms with Crippen molar-refractivity contribution in [3.05, 3.63) is 0 Å². The Morgan fingerprint density at radius 1 is 0.688 bits per heavy atom. The molecule has 0 aromatic heterocycles. The van der Waals surface area contributed by atoms with Gasteiger partial charge in [-0.25, -0.2) is 14.4 Å². The van der Waals surface area contributed by atoms with Gasteiger partial charge >= 0.3 is 18.5 Å². The first-order valence-corrected chi connectivity index (χ1v) is 4.62. The minimum absolute atomic E-state index is 0.442. The third-order valence-electron chi connectivity index (χ3n) is 0.997. The molecule has 0 heterocycles. The average Bonchev–Trinajstić information content (AvgIpc) is 1.97. The van der Waals surface area contributed by atoms with Crippen LogP contribution in [0, 0.1) is 0 Å². The lowest BCUT2D eigenvalue weighted by Gasteiger charge is -2.08. The van der Waals surface area contributed by atoms with Crippen LogP contribution in [0.1, 0.15) is 27.7 Å². The lowest BCUT2D eigenvalue weighted by Crippen LogP contribution is -2.22. The Morgan fingerprint density at radius 2 is 1.00 bits per heavy atom. The van der Waals surface area contributed by atoms with Crippen LogP contribution in [-0.2, 0) is 18.9 Å². The first-order valence-electron chi connectivity index (χ1n) is 4.62. The summed E-state index contributed by atoms with van der Waals surface area (Å²) in [6.45, 7) is 6.28. The zero-order chi connectivity index (χ0) is 12.7. The van der Waals surface area contributed by atoms with E-state index in [0.717, 1.165) is 0 Å². The van der Waals surface area contributed by atoms with E-state index in [1.807, 2.05) is 0 Å². The minimum atomic E-state index is -1.49. The summed E-state index contributed by atoms with van der Waals surface area (Å²) >= 11 is 0. The third-order valence-corrected chi connectivity index (χ3v) is 0.997. The second kappa shape index (κ2) is 6.65. The summed E-state index contributed by atoms with van der Waals surface area (Å²) in [5.41, 5.74) is 0. The van der Waals surface area contributed by atoms with Gasteiger partial charge in [-0.2, -0.15) is 0 Å². The van der Waals surface area contributed by atoms with Crippen molar-refractivity contribution in [1.82, 2.24) is 0 Å². The topological polar surface area (TPSA) is 88.1 Å². The van der Waals surface area contributed by atoms with Crippen molar-refractivity contribution >= 4 is 18.5 Å². The highest BCUT2D eigenvalue weighted by molar-refractivity contribution is 5.83. The van der Waals surface area contributed by atoms with Crippen molar-refractivity contribution in [3.63, 3.8) is 0 Å². The van der Waals surface area contributed by atoms with E-state index in [1.165, 1.54) is 0 Å². The van der Waals surface area contributed by atoms with Crippen LogP contribution in [0.3, 0.4) is 0 Å². The Labute approximate surface area is 92.6 Å². The van der Waals surface area contributed by atoms with E-state index in [4.69, 9.17) is 0 Å². The molecule has 0 amide bonds. The number of hydrogen-bond acceptors (Lipinski definition) is 7. The Bertz CT molecular complexity index is 243. The summed E-state index contributed by atoms with van der Waals surface area (Å²) < 4.78 is 16.9. The predicted octanol–water partition coefficient (Wildman–Crippen LogP) is 2.23. The number of rotatable bonds is 2. The molecule has 0 N–H and O–H groups in total. The van der Waals surface area contributed by atoms with Crippen molar-refractivity contribution in [2.24, 2.45) is 0 Å². The monoisotopic (exact) mass is 234 g/mol. The van der Waals surface area contributed by atoms with E-state index in [2.05, 4.69) is 18.9 Å². The number of hydrogen-bond donors (Lipinski definition) is 0. The smallest absolute Gasteiger partial charge is 0.431 e. The fourth-order valence-corrected chi connectivity index (χ4v) is 0.590. The normalized spacial score (nSPS) is 9.88. The summed E-state index contributed by atoms with van der Waals surface area (Å²) in [5, 5.41) is 0. The molecule has 0 bridgehead atoms. The molecule has 0 aliphatic carbocycles. The summed E-state index contributed by atoms with van der Waals surface area (Å²) in [6.07, 6.45) is -4.85. The van der Waals surface area contributed by atoms with Gasteiger partial charge in [-0.05, 0) is 27.7 Å². The zero-order valence-electron chi connectivity index (χ0n) is 9.51. The average molecular weight is 234 g/mol. The van der Waals surface area contributed by atoms with Crippen molar-refractivity contribution in [3.8, 4) is 0 Å². The van der Waals surface area contributed by atoms with Crippen molar-refractivity contribution in [2.45, 2.75) is 39.9 Å². The first-order chi connectivity index (χ1) is 7.31. The molecule has 0 rings (SSSR count). The molecule has 7 nitrogen and oxygen atoms in total. The van der Waals surface area contributed by atoms with Crippen LogP contribution in [0.5, 0.6) is 0 Å². The highest BCUT2D eigenvalue weighted by atomic mass is 16.9. The van der Waals surface area contributed by atoms with Crippen LogP contribution in [0.25, 0.3) is 0 Å². The molecule has 0 aromatic carbocycles. The van der Waals surface area contributed by atoms with E-state index in [1.54, 1.807) is 27.7 Å². The van der Waals surface area contributed by atoms with Crippen LogP contribution in [0.15, 0.2) is 0 Å². The standard InChI is InChI=1S/C9H14O7/c1-5(2)13-7(10)15-9(12)16-8(11)14-6(3)4/h5-6H,1-4H3. The van der Waals surface area contributed by atoms with Gasteiger partial charge in [-0.3, -0.25) is 0 Å². The van der Waals surface area contributed by atoms with Crippen LogP contribution in [0.2, 0.25) is 0 Å². The number of carbonyl (C=O) groups is 3. The highest BCUT2D eigenvalue weighted by Crippen LogP contribution is 1.98. The summed E-state index contributed by atoms with van der Waals surface area (Å²) in [5.74, 6) is 0. The summed E-state index contributed by atoms with van der Waals surface area (Å²) in [7, 11) is 0. The van der Waals surface area contributed by atoms with Crippen molar-refractivity contribution in [1.29, 1.82) is 0 Å². The van der Waals surface area contributed by atoms with Gasteiger partial charge < -0.3 is 18.9 Å². The van der Waals surface area contributed by atoms with Gasteiger partial charge in [0, 0.05) is 0 Å². The lowest BCUT2D eigenvalue weighted by atomic mass is 10.5. The van der Waals surface area contributed by atoms with E-state index in [0.29, 0.717) is 0 Å². The van der Waals surface area contributed by atoms with E-state index >= 15 is 0 Å². The van der Waals surface area contributed by atoms with E-state index in [9.17, 15) is 14.4 Å². The maximum Gasteiger partial charge on any atom is 0.528 e. The molecular weight excluding hydrogens is 220 g/mol. The lowest BCUT2D eigenvalue weighted by molar-refractivity contribution is 0.0129. The van der Waals surface area contributed by atoms with E-state index in [-0.39, 0.29) is 0 Å². The Hall–Kier alpha value is -1.79. The third kappa shape index (κ3) is 7.60. The predicted molar refractivity (Wildman–Crippen MR) is 50.8 cm³/mol. The molecule has 92 valence electrons. The number of ether oxygens (including phenoxy) is 4. The van der Waals surface area contributed by atoms with Crippen molar-refractivity contribution in [2.75, 3.05) is 0 Å². The molecule has 7 heteroatoms. The van der Waals surface area contributed by atoms with Gasteiger partial charge in [0.2, 0.25) is 0 Å². The molecule has 0 unspecified atom stereocenters. The van der Waals surface area contributed by atoms with Gasteiger partial charge in [0.25, 0.3) is 0 Å². The first kappa shape index (κ1) is 14.2. The Morgan fingerprint density at radius 3 is 1.25 bits per heavy atom. The molecule has 0 aliphatic heterocycles. The van der Waals surface area contributed by atoms with Crippen LogP contribution < -0.4 is 0 Å². The Kier molecular flexibility index (Phi) is 5.91.